The molecular formula is C21H23NO5S. The van der Waals surface area contributed by atoms with Crippen LogP contribution in [0.3, 0.4) is 0 Å². The van der Waals surface area contributed by atoms with Crippen molar-refractivity contribution in [1.29, 1.82) is 0 Å². The van der Waals surface area contributed by atoms with E-state index in [9.17, 15) is 9.59 Å². The van der Waals surface area contributed by atoms with Crippen LogP contribution in [-0.4, -0.2) is 24.8 Å². The average Bonchev–Trinajstić information content (AvgIpc) is 3.33. The Hall–Kier alpha value is -2.54. The van der Waals surface area contributed by atoms with E-state index in [2.05, 4.69) is 12.2 Å². The molecule has 2 atom stereocenters. The van der Waals surface area contributed by atoms with E-state index < -0.39 is 12.1 Å². The molecule has 0 fully saturated rings. The van der Waals surface area contributed by atoms with Crippen molar-refractivity contribution in [2.75, 3.05) is 12.1 Å². The van der Waals surface area contributed by atoms with Crippen LogP contribution in [0.1, 0.15) is 46.8 Å². The van der Waals surface area contributed by atoms with Crippen molar-refractivity contribution < 1.29 is 23.8 Å². The number of esters is 1. The van der Waals surface area contributed by atoms with Crippen molar-refractivity contribution >= 4 is 28.9 Å². The van der Waals surface area contributed by atoms with Crippen molar-refractivity contribution in [3.05, 3.63) is 39.6 Å². The molecule has 0 spiro atoms. The molecule has 4 rings (SSSR count). The Morgan fingerprint density at radius 2 is 2.11 bits per heavy atom. The van der Waals surface area contributed by atoms with Gasteiger partial charge < -0.3 is 19.5 Å². The topological polar surface area (TPSA) is 73.9 Å². The maximum absolute atomic E-state index is 12.5. The van der Waals surface area contributed by atoms with Gasteiger partial charge in [-0.2, -0.15) is 0 Å². The van der Waals surface area contributed by atoms with Gasteiger partial charge in [0.1, 0.15) is 4.88 Å². The minimum Gasteiger partial charge on any atom is -0.454 e. The predicted molar refractivity (Wildman–Crippen MR) is 106 cm³/mol. The fourth-order valence-electron chi connectivity index (χ4n) is 3.54. The number of benzene rings is 1. The summed E-state index contributed by atoms with van der Waals surface area (Å²) >= 11 is 1.49. The van der Waals surface area contributed by atoms with Gasteiger partial charge in [-0.15, -0.1) is 11.3 Å². The fourth-order valence-corrected chi connectivity index (χ4v) is 4.63. The van der Waals surface area contributed by atoms with Crippen LogP contribution in [0.2, 0.25) is 0 Å². The highest BCUT2D eigenvalue weighted by atomic mass is 32.1. The van der Waals surface area contributed by atoms with E-state index in [0.29, 0.717) is 28.0 Å². The molecule has 2 aliphatic rings. The Labute approximate surface area is 167 Å². The summed E-state index contributed by atoms with van der Waals surface area (Å²) in [5.74, 6) is 1.08. The molecule has 0 radical (unpaired) electrons. The van der Waals surface area contributed by atoms with Gasteiger partial charge in [-0.25, -0.2) is 4.79 Å². The third-order valence-corrected chi connectivity index (χ3v) is 6.47. The fraction of sp³-hybridized carbons (Fsp3) is 0.429. The van der Waals surface area contributed by atoms with E-state index in [0.717, 1.165) is 19.3 Å². The summed E-state index contributed by atoms with van der Waals surface area (Å²) in [4.78, 5) is 26.8. The molecule has 1 aromatic carbocycles. The number of carbonyl (C=O) groups is 2. The molecule has 0 unspecified atom stereocenters. The number of ether oxygens (including phenoxy) is 3. The van der Waals surface area contributed by atoms with Gasteiger partial charge in [0.2, 0.25) is 6.79 Å². The zero-order valence-corrected chi connectivity index (χ0v) is 16.8. The van der Waals surface area contributed by atoms with Crippen molar-refractivity contribution in [2.45, 2.75) is 45.6 Å². The highest BCUT2D eigenvalue weighted by Crippen LogP contribution is 2.35. The summed E-state index contributed by atoms with van der Waals surface area (Å²) in [5, 5.41) is 2.74. The van der Waals surface area contributed by atoms with Gasteiger partial charge in [-0.3, -0.25) is 4.79 Å². The van der Waals surface area contributed by atoms with Crippen LogP contribution in [-0.2, 0) is 22.4 Å². The zero-order valence-electron chi connectivity index (χ0n) is 15.9. The minimum atomic E-state index is -0.902. The van der Waals surface area contributed by atoms with Gasteiger partial charge in [0, 0.05) is 16.6 Å². The van der Waals surface area contributed by atoms with Gasteiger partial charge in [0.15, 0.2) is 17.6 Å². The lowest BCUT2D eigenvalue weighted by Gasteiger charge is -2.19. The molecule has 1 N–H and O–H groups in total. The Kier molecular flexibility index (Phi) is 5.26. The lowest BCUT2D eigenvalue weighted by molar-refractivity contribution is -0.123. The van der Waals surface area contributed by atoms with Crippen LogP contribution < -0.4 is 14.8 Å². The molecule has 0 bridgehead atoms. The van der Waals surface area contributed by atoms with E-state index in [1.165, 1.54) is 28.2 Å². The number of anilines is 1. The molecule has 7 heteroatoms. The standard InChI is InChI=1S/C21H23NO5S/c1-3-13-4-7-18-14(8-13)9-19(28-18)21(24)27-12(2)20(23)22-15-5-6-16-17(10-15)26-11-25-16/h5-6,9-10,12-13H,3-4,7-8,11H2,1-2H3,(H,22,23)/t12-,13-/m0/s1. The van der Waals surface area contributed by atoms with Gasteiger partial charge >= 0.3 is 5.97 Å². The van der Waals surface area contributed by atoms with Crippen LogP contribution in [0.25, 0.3) is 0 Å². The van der Waals surface area contributed by atoms with Crippen LogP contribution >= 0.6 is 11.3 Å². The van der Waals surface area contributed by atoms with Gasteiger partial charge in [0.05, 0.1) is 0 Å². The first-order valence-electron chi connectivity index (χ1n) is 9.56. The second-order valence-corrected chi connectivity index (χ2v) is 8.32. The second kappa shape index (κ2) is 7.83. The smallest absolute Gasteiger partial charge is 0.349 e. The third-order valence-electron chi connectivity index (χ3n) is 5.26. The number of thiophene rings is 1. The molecule has 1 aliphatic carbocycles. The summed E-state index contributed by atoms with van der Waals surface area (Å²) in [6, 6.07) is 7.07. The van der Waals surface area contributed by atoms with Crippen LogP contribution in [0.4, 0.5) is 5.69 Å². The Morgan fingerprint density at radius 3 is 2.93 bits per heavy atom. The van der Waals surface area contributed by atoms with Crippen molar-refractivity contribution in [3.8, 4) is 11.5 Å². The van der Waals surface area contributed by atoms with Crippen molar-refractivity contribution in [1.82, 2.24) is 0 Å². The number of amides is 1. The van der Waals surface area contributed by atoms with Crippen molar-refractivity contribution in [3.63, 3.8) is 0 Å². The van der Waals surface area contributed by atoms with Gasteiger partial charge in [0.25, 0.3) is 5.91 Å². The molecular weight excluding hydrogens is 378 g/mol. The Balaban J connectivity index is 1.36. The lowest BCUT2D eigenvalue weighted by atomic mass is 9.87. The lowest BCUT2D eigenvalue weighted by Crippen LogP contribution is -2.29. The Morgan fingerprint density at radius 1 is 1.29 bits per heavy atom. The molecule has 6 nitrogen and oxygen atoms in total. The van der Waals surface area contributed by atoms with E-state index >= 15 is 0 Å². The molecule has 2 heterocycles. The van der Waals surface area contributed by atoms with E-state index in [1.807, 2.05) is 6.07 Å². The number of hydrogen-bond donors (Lipinski definition) is 1. The number of aryl methyl sites for hydroxylation is 1. The molecule has 2 aromatic rings. The maximum Gasteiger partial charge on any atom is 0.349 e. The van der Waals surface area contributed by atoms with Crippen LogP contribution in [0, 0.1) is 5.92 Å². The maximum atomic E-state index is 12.5. The molecule has 1 aliphatic heterocycles. The van der Waals surface area contributed by atoms with E-state index in [4.69, 9.17) is 14.2 Å². The summed E-state index contributed by atoms with van der Waals surface area (Å²) < 4.78 is 16.0. The van der Waals surface area contributed by atoms with Crippen molar-refractivity contribution in [2.24, 2.45) is 5.92 Å². The SMILES string of the molecule is CC[C@H]1CCc2sc(C(=O)O[C@@H](C)C(=O)Nc3ccc4c(c3)OCO4)cc2C1. The highest BCUT2D eigenvalue weighted by molar-refractivity contribution is 7.14. The first-order chi connectivity index (χ1) is 13.5. The predicted octanol–water partition coefficient (Wildman–Crippen LogP) is 4.18. The molecule has 148 valence electrons. The largest absolute Gasteiger partial charge is 0.454 e. The summed E-state index contributed by atoms with van der Waals surface area (Å²) in [5.41, 5.74) is 1.82. The first kappa shape index (κ1) is 18.8. The number of fused-ring (bicyclic) bond motifs is 2. The molecule has 0 saturated heterocycles. The molecule has 1 aromatic heterocycles. The minimum absolute atomic E-state index is 0.171. The third kappa shape index (κ3) is 3.85. The second-order valence-electron chi connectivity index (χ2n) is 7.18. The average molecular weight is 401 g/mol. The number of carbonyl (C=O) groups excluding carboxylic acids is 2. The van der Waals surface area contributed by atoms with Gasteiger partial charge in [-0.1, -0.05) is 13.3 Å². The number of nitrogens with one attached hydrogen (secondary N) is 1. The van der Waals surface area contributed by atoms with Gasteiger partial charge in [-0.05, 0) is 55.9 Å². The summed E-state index contributed by atoms with van der Waals surface area (Å²) in [7, 11) is 0. The van der Waals surface area contributed by atoms with E-state index in [1.54, 1.807) is 25.1 Å². The normalized spacial score (nSPS) is 18.3. The number of hydrogen-bond acceptors (Lipinski definition) is 6. The molecule has 0 saturated carbocycles. The molecule has 28 heavy (non-hydrogen) atoms. The molecule has 1 amide bonds. The van der Waals surface area contributed by atoms with E-state index in [-0.39, 0.29) is 12.7 Å². The monoisotopic (exact) mass is 401 g/mol. The van der Waals surface area contributed by atoms with Crippen LogP contribution in [0.5, 0.6) is 11.5 Å². The quantitative estimate of drug-likeness (QED) is 0.761. The zero-order chi connectivity index (χ0) is 19.7. The summed E-state index contributed by atoms with van der Waals surface area (Å²) in [6.45, 7) is 3.95. The summed E-state index contributed by atoms with van der Waals surface area (Å²) in [6.07, 6.45) is 3.47. The van der Waals surface area contributed by atoms with Crippen LogP contribution in [0.15, 0.2) is 24.3 Å². The number of rotatable bonds is 5. The highest BCUT2D eigenvalue weighted by Gasteiger charge is 2.25. The first-order valence-corrected chi connectivity index (χ1v) is 10.4. The Bertz CT molecular complexity index is 906.